The smallest absolute Gasteiger partial charge is 0.258 e. The Balaban J connectivity index is 1.53. The third kappa shape index (κ3) is 4.01. The fourth-order valence-electron chi connectivity index (χ4n) is 2.04. The van der Waals surface area contributed by atoms with E-state index < -0.39 is 0 Å². The van der Waals surface area contributed by atoms with Crippen LogP contribution in [0.1, 0.15) is 10.6 Å². The lowest BCUT2D eigenvalue weighted by Gasteiger charge is -2.15. The van der Waals surface area contributed by atoms with Crippen molar-refractivity contribution < 1.29 is 4.79 Å². The molecule has 0 atom stereocenters. The van der Waals surface area contributed by atoms with Crippen molar-refractivity contribution in [2.75, 3.05) is 12.8 Å². The molecule has 0 aliphatic rings. The molecule has 0 spiro atoms. The molecule has 0 saturated heterocycles. The Hall–Kier alpha value is -1.64. The Morgan fingerprint density at radius 1 is 1.39 bits per heavy atom. The van der Waals surface area contributed by atoms with Crippen molar-refractivity contribution in [1.29, 1.82) is 0 Å². The Morgan fingerprint density at radius 2 is 2.26 bits per heavy atom. The summed E-state index contributed by atoms with van der Waals surface area (Å²) in [6.07, 6.45) is 1.72. The van der Waals surface area contributed by atoms with E-state index >= 15 is 0 Å². The topological polar surface area (TPSA) is 54.7 Å². The van der Waals surface area contributed by atoms with E-state index in [-0.39, 0.29) is 11.5 Å². The number of carbonyl (C=O) groups excluding carboxylic acids is 1. The van der Waals surface area contributed by atoms with Crippen molar-refractivity contribution in [1.82, 2.24) is 14.3 Å². The Labute approximate surface area is 145 Å². The summed E-state index contributed by atoms with van der Waals surface area (Å²) in [7, 11) is 1.81. The zero-order valence-corrected chi connectivity index (χ0v) is 14.9. The first kappa shape index (κ1) is 16.2. The van der Waals surface area contributed by atoms with Crippen LogP contribution in [0.2, 0.25) is 0 Å². The van der Waals surface area contributed by atoms with E-state index in [1.807, 2.05) is 29.9 Å². The minimum Gasteiger partial charge on any atom is -0.340 e. The highest BCUT2D eigenvalue weighted by Gasteiger charge is 2.11. The van der Waals surface area contributed by atoms with Crippen LogP contribution in [-0.2, 0) is 17.1 Å². The average molecular weight is 366 g/mol. The van der Waals surface area contributed by atoms with Gasteiger partial charge in [0.05, 0.1) is 18.0 Å². The van der Waals surface area contributed by atoms with Crippen molar-refractivity contribution in [3.8, 4) is 0 Å². The third-order valence-electron chi connectivity index (χ3n) is 3.23. The zero-order chi connectivity index (χ0) is 16.2. The van der Waals surface area contributed by atoms with Gasteiger partial charge in [-0.1, -0.05) is 6.07 Å². The Kier molecular flexibility index (Phi) is 5.14. The molecule has 3 aromatic heterocycles. The molecular weight excluding hydrogens is 350 g/mol. The lowest BCUT2D eigenvalue weighted by molar-refractivity contribution is -0.127. The summed E-state index contributed by atoms with van der Waals surface area (Å²) in [5.74, 6) is 1.02. The predicted octanol–water partition coefficient (Wildman–Crippen LogP) is 2.71. The number of rotatable bonds is 6. The predicted molar refractivity (Wildman–Crippen MR) is 96.3 cm³/mol. The summed E-state index contributed by atoms with van der Waals surface area (Å²) in [6.45, 7) is 0.637. The molecular formula is C15H15N3O2S3. The Bertz CT molecular complexity index is 854. The van der Waals surface area contributed by atoms with Crippen LogP contribution in [0.3, 0.4) is 0 Å². The maximum Gasteiger partial charge on any atom is 0.258 e. The molecule has 0 aromatic carbocycles. The van der Waals surface area contributed by atoms with Gasteiger partial charge in [-0.2, -0.15) is 0 Å². The van der Waals surface area contributed by atoms with Crippen LogP contribution in [0.4, 0.5) is 0 Å². The molecule has 5 nitrogen and oxygen atoms in total. The van der Waals surface area contributed by atoms with Gasteiger partial charge in [0.1, 0.15) is 0 Å². The number of thioether (sulfide) groups is 1. The number of hydrogen-bond donors (Lipinski definition) is 0. The summed E-state index contributed by atoms with van der Waals surface area (Å²) >= 11 is 4.56. The molecule has 3 aromatic rings. The van der Waals surface area contributed by atoms with Crippen LogP contribution < -0.4 is 5.56 Å². The maximum atomic E-state index is 12.1. The van der Waals surface area contributed by atoms with E-state index in [9.17, 15) is 9.59 Å². The summed E-state index contributed by atoms with van der Waals surface area (Å²) in [5.41, 5.74) is 0.643. The highest BCUT2D eigenvalue weighted by Crippen LogP contribution is 2.15. The number of fused-ring (bicyclic) bond motifs is 1. The van der Waals surface area contributed by atoms with E-state index in [4.69, 9.17) is 0 Å². The molecule has 0 radical (unpaired) electrons. The van der Waals surface area contributed by atoms with Gasteiger partial charge in [-0.3, -0.25) is 14.0 Å². The summed E-state index contributed by atoms with van der Waals surface area (Å²) < 4.78 is 1.53. The van der Waals surface area contributed by atoms with Gasteiger partial charge in [0.2, 0.25) is 5.91 Å². The lowest BCUT2D eigenvalue weighted by Crippen LogP contribution is -2.27. The molecule has 1 amide bonds. The SMILES string of the molecule is CN(Cc1cccs1)C(=O)CSCc1cc(=O)n2ccsc2n1. The fourth-order valence-corrected chi connectivity index (χ4v) is 4.39. The minimum atomic E-state index is -0.0759. The normalized spacial score (nSPS) is 11.0. The van der Waals surface area contributed by atoms with Gasteiger partial charge in [0, 0.05) is 35.3 Å². The first-order chi connectivity index (χ1) is 11.1. The van der Waals surface area contributed by atoms with Gasteiger partial charge >= 0.3 is 0 Å². The molecule has 3 rings (SSSR count). The van der Waals surface area contributed by atoms with E-state index in [0.717, 1.165) is 5.69 Å². The molecule has 120 valence electrons. The minimum absolute atomic E-state index is 0.0759. The number of thiazole rings is 1. The average Bonchev–Trinajstić information content (AvgIpc) is 3.18. The van der Waals surface area contributed by atoms with Crippen molar-refractivity contribution >= 4 is 45.3 Å². The van der Waals surface area contributed by atoms with Crippen LogP contribution >= 0.6 is 34.4 Å². The van der Waals surface area contributed by atoms with Gasteiger partial charge in [-0.05, 0) is 11.4 Å². The van der Waals surface area contributed by atoms with Gasteiger partial charge in [-0.25, -0.2) is 4.98 Å². The van der Waals surface area contributed by atoms with E-state index in [1.165, 1.54) is 38.4 Å². The second kappa shape index (κ2) is 7.29. The molecule has 0 unspecified atom stereocenters. The maximum absolute atomic E-state index is 12.1. The molecule has 0 fully saturated rings. The lowest BCUT2D eigenvalue weighted by atomic mass is 10.4. The van der Waals surface area contributed by atoms with Crippen molar-refractivity contribution in [3.05, 3.63) is 56.1 Å². The van der Waals surface area contributed by atoms with Crippen molar-refractivity contribution in [3.63, 3.8) is 0 Å². The van der Waals surface area contributed by atoms with Crippen LogP contribution in [0.15, 0.2) is 40.0 Å². The molecule has 0 aliphatic carbocycles. The van der Waals surface area contributed by atoms with Crippen molar-refractivity contribution in [2.45, 2.75) is 12.3 Å². The quantitative estimate of drug-likeness (QED) is 0.674. The number of thiophene rings is 1. The molecule has 0 aliphatic heterocycles. The molecule has 0 saturated carbocycles. The number of aromatic nitrogens is 2. The zero-order valence-electron chi connectivity index (χ0n) is 12.5. The molecule has 3 heterocycles. The summed E-state index contributed by atoms with van der Waals surface area (Å²) in [4.78, 5) is 32.0. The molecule has 0 bridgehead atoms. The Morgan fingerprint density at radius 3 is 3.04 bits per heavy atom. The van der Waals surface area contributed by atoms with Crippen molar-refractivity contribution in [2.24, 2.45) is 0 Å². The highest BCUT2D eigenvalue weighted by molar-refractivity contribution is 7.99. The number of hydrogen-bond acceptors (Lipinski definition) is 6. The fraction of sp³-hybridized carbons (Fsp3) is 0.267. The standard InChI is InChI=1S/C15H15N3O2S3/c1-17(8-12-3-2-5-22-12)14(20)10-21-9-11-7-13(19)18-4-6-23-15(18)16-11/h2-7H,8-10H2,1H3. The highest BCUT2D eigenvalue weighted by atomic mass is 32.2. The first-order valence-corrected chi connectivity index (χ1v) is 9.85. The van der Waals surface area contributed by atoms with Gasteiger partial charge in [-0.15, -0.1) is 34.4 Å². The second-order valence-electron chi connectivity index (χ2n) is 4.96. The van der Waals surface area contributed by atoms with Gasteiger partial charge in [0.25, 0.3) is 5.56 Å². The molecule has 23 heavy (non-hydrogen) atoms. The second-order valence-corrected chi connectivity index (χ2v) is 7.85. The largest absolute Gasteiger partial charge is 0.340 e. The molecule has 0 N–H and O–H groups in total. The van der Waals surface area contributed by atoms with E-state index in [0.29, 0.717) is 23.0 Å². The van der Waals surface area contributed by atoms with Gasteiger partial charge in [0.15, 0.2) is 4.96 Å². The van der Waals surface area contributed by atoms with Crippen LogP contribution in [0.25, 0.3) is 4.96 Å². The number of carbonyl (C=O) groups is 1. The third-order valence-corrected chi connectivity index (χ3v) is 5.80. The van der Waals surface area contributed by atoms with Crippen LogP contribution in [0, 0.1) is 0 Å². The number of amides is 1. The molecule has 8 heteroatoms. The van der Waals surface area contributed by atoms with Crippen LogP contribution in [-0.4, -0.2) is 33.0 Å². The van der Waals surface area contributed by atoms with E-state index in [2.05, 4.69) is 4.98 Å². The number of nitrogens with zero attached hydrogens (tertiary/aromatic N) is 3. The monoisotopic (exact) mass is 365 g/mol. The van der Waals surface area contributed by atoms with Gasteiger partial charge < -0.3 is 4.90 Å². The first-order valence-electron chi connectivity index (χ1n) is 6.93. The van der Waals surface area contributed by atoms with E-state index in [1.54, 1.807) is 22.4 Å². The van der Waals surface area contributed by atoms with Crippen LogP contribution in [0.5, 0.6) is 0 Å². The summed E-state index contributed by atoms with van der Waals surface area (Å²) in [6, 6.07) is 5.54. The summed E-state index contributed by atoms with van der Waals surface area (Å²) in [5, 5.41) is 3.84.